The lowest BCUT2D eigenvalue weighted by Gasteiger charge is -2.36. The molecule has 4 atom stereocenters. The van der Waals surface area contributed by atoms with E-state index in [1.807, 2.05) is 0 Å². The first kappa shape index (κ1) is 36.6. The van der Waals surface area contributed by atoms with Crippen molar-refractivity contribution in [2.45, 2.75) is 163 Å². The van der Waals surface area contributed by atoms with Gasteiger partial charge in [0.2, 0.25) is 0 Å². The van der Waals surface area contributed by atoms with Crippen molar-refractivity contribution in [3.8, 4) is 0 Å². The molecule has 0 spiro atoms. The summed E-state index contributed by atoms with van der Waals surface area (Å²) >= 11 is 0. The predicted molar refractivity (Wildman–Crippen MR) is 177 cm³/mol. The van der Waals surface area contributed by atoms with E-state index >= 15 is 0 Å². The molecule has 1 saturated carbocycles. The van der Waals surface area contributed by atoms with Crippen molar-refractivity contribution in [3.05, 3.63) is 60.2 Å². The van der Waals surface area contributed by atoms with Crippen molar-refractivity contribution in [2.24, 2.45) is 17.8 Å². The van der Waals surface area contributed by atoms with E-state index in [-0.39, 0.29) is 12.2 Å². The Bertz CT molecular complexity index is 742. The highest BCUT2D eigenvalue weighted by Gasteiger charge is 2.31. The molecule has 0 radical (unpaired) electrons. The number of allylic oxidation sites excluding steroid dienone is 2. The molecule has 3 aliphatic rings. The van der Waals surface area contributed by atoms with Gasteiger partial charge in [0.05, 0.1) is 24.4 Å². The summed E-state index contributed by atoms with van der Waals surface area (Å²) in [6.07, 6.45) is 28.1. The highest BCUT2D eigenvalue weighted by molar-refractivity contribution is 5.20. The van der Waals surface area contributed by atoms with Crippen molar-refractivity contribution < 1.29 is 9.47 Å². The smallest absolute Gasteiger partial charge is 0.0890 e. The topological polar surface area (TPSA) is 18.5 Å². The fourth-order valence-electron chi connectivity index (χ4n) is 5.90. The second-order valence-corrected chi connectivity index (χ2v) is 12.5. The number of hydrogen-bond acceptors (Lipinski definition) is 2. The standard InChI is InChI=1S/C16H28O.C16H22O.2C3H8/c2*1-13(2)17-16(14-9-5-3-6-10-14)15-11-7-4-8-12-15;2*1-3-2/h5,9,13-16H,3-4,6-8,10-12H2,1-2H3;3,5-7,9-11,13,15-16H,4,8,12H2,1-2H3;2*3H2,1-2H3. The normalized spacial score (nSPS) is 22.2. The summed E-state index contributed by atoms with van der Waals surface area (Å²) < 4.78 is 12.4. The summed E-state index contributed by atoms with van der Waals surface area (Å²) in [5.74, 6) is 2.04. The first-order valence-electron chi connectivity index (χ1n) is 17.1. The average molecular weight is 555 g/mol. The molecule has 2 nitrogen and oxygen atoms in total. The van der Waals surface area contributed by atoms with E-state index < -0.39 is 0 Å². The maximum absolute atomic E-state index is 6.28. The van der Waals surface area contributed by atoms with E-state index in [1.54, 1.807) is 0 Å². The third kappa shape index (κ3) is 15.6. The van der Waals surface area contributed by atoms with Crippen LogP contribution in [0.15, 0.2) is 54.6 Å². The summed E-state index contributed by atoms with van der Waals surface area (Å²) in [6, 6.07) is 10.6. The molecule has 0 saturated heterocycles. The summed E-state index contributed by atoms with van der Waals surface area (Å²) in [4.78, 5) is 0. The molecule has 0 aromatic heterocycles. The minimum Gasteiger partial charge on any atom is -0.375 e. The lowest BCUT2D eigenvalue weighted by Crippen LogP contribution is -2.35. The summed E-state index contributed by atoms with van der Waals surface area (Å²) in [5.41, 5.74) is 1.30. The molecule has 3 aliphatic carbocycles. The Labute approximate surface area is 250 Å². The van der Waals surface area contributed by atoms with Crippen LogP contribution >= 0.6 is 0 Å². The van der Waals surface area contributed by atoms with Crippen molar-refractivity contribution in [3.63, 3.8) is 0 Å². The van der Waals surface area contributed by atoms with E-state index in [4.69, 9.17) is 9.47 Å². The maximum atomic E-state index is 6.28. The van der Waals surface area contributed by atoms with Crippen LogP contribution in [0.2, 0.25) is 0 Å². The first-order chi connectivity index (χ1) is 19.4. The van der Waals surface area contributed by atoms with Crippen LogP contribution in [-0.2, 0) is 9.47 Å². The highest BCUT2D eigenvalue weighted by Crippen LogP contribution is 2.36. The van der Waals surface area contributed by atoms with Gasteiger partial charge in [0.15, 0.2) is 0 Å². The van der Waals surface area contributed by atoms with Gasteiger partial charge in [0.1, 0.15) is 0 Å². The average Bonchev–Trinajstić information content (AvgIpc) is 2.97. The van der Waals surface area contributed by atoms with Gasteiger partial charge in [-0.2, -0.15) is 0 Å². The Balaban J connectivity index is 0.000000335. The van der Waals surface area contributed by atoms with Crippen molar-refractivity contribution in [1.82, 2.24) is 0 Å². The summed E-state index contributed by atoms with van der Waals surface area (Å²) in [6.45, 7) is 17.1. The maximum Gasteiger partial charge on any atom is 0.0890 e. The second kappa shape index (κ2) is 23.2. The number of ether oxygens (including phenoxy) is 2. The van der Waals surface area contributed by atoms with Crippen molar-refractivity contribution >= 4 is 0 Å². The largest absolute Gasteiger partial charge is 0.375 e. The molecule has 0 N–H and O–H groups in total. The Morgan fingerprint density at radius 2 is 1.12 bits per heavy atom. The third-order valence-electron chi connectivity index (χ3n) is 7.48. The minimum absolute atomic E-state index is 0.216. The molecular weight excluding hydrogens is 488 g/mol. The Kier molecular flexibility index (Phi) is 21.3. The van der Waals surface area contributed by atoms with Crippen molar-refractivity contribution in [2.75, 3.05) is 0 Å². The molecule has 40 heavy (non-hydrogen) atoms. The zero-order valence-corrected chi connectivity index (χ0v) is 27.7. The summed E-state index contributed by atoms with van der Waals surface area (Å²) in [5, 5.41) is 0. The Morgan fingerprint density at radius 3 is 1.57 bits per heavy atom. The van der Waals surface area contributed by atoms with Gasteiger partial charge in [0.25, 0.3) is 0 Å². The monoisotopic (exact) mass is 555 g/mol. The van der Waals surface area contributed by atoms with E-state index in [0.29, 0.717) is 24.0 Å². The van der Waals surface area contributed by atoms with Gasteiger partial charge >= 0.3 is 0 Å². The van der Waals surface area contributed by atoms with Crippen LogP contribution in [0.25, 0.3) is 0 Å². The second-order valence-electron chi connectivity index (χ2n) is 12.5. The van der Waals surface area contributed by atoms with Gasteiger partial charge in [-0.1, -0.05) is 114 Å². The molecule has 1 aromatic rings. The zero-order valence-electron chi connectivity index (χ0n) is 27.7. The van der Waals surface area contributed by atoms with Crippen LogP contribution in [0, 0.1) is 17.8 Å². The minimum atomic E-state index is 0.216. The molecule has 0 aliphatic heterocycles. The molecule has 4 unspecified atom stereocenters. The van der Waals surface area contributed by atoms with E-state index in [2.05, 4.69) is 110 Å². The first-order valence-corrected chi connectivity index (χ1v) is 17.1. The molecule has 1 aromatic carbocycles. The predicted octanol–water partition coefficient (Wildman–Crippen LogP) is 12.1. The van der Waals surface area contributed by atoms with E-state index in [1.165, 1.54) is 89.0 Å². The fraction of sp³-hybridized carbons (Fsp3) is 0.737. The SMILES string of the molecule is CC(C)OC(C1C=CCCC1)C1CCCCC1.CC(C)OC(c1ccccc1)C1C=CCCC1.CCC.CCC. The third-order valence-corrected chi connectivity index (χ3v) is 7.48. The van der Waals surface area contributed by atoms with Gasteiger partial charge in [-0.15, -0.1) is 0 Å². The summed E-state index contributed by atoms with van der Waals surface area (Å²) in [7, 11) is 0. The van der Waals surface area contributed by atoms with Gasteiger partial charge in [-0.05, 0) is 90.5 Å². The van der Waals surface area contributed by atoms with E-state index in [0.717, 1.165) is 5.92 Å². The molecule has 0 bridgehead atoms. The Hall–Kier alpha value is -1.38. The molecule has 0 amide bonds. The zero-order chi connectivity index (χ0) is 29.6. The molecule has 0 heterocycles. The van der Waals surface area contributed by atoms with Gasteiger partial charge in [-0.3, -0.25) is 0 Å². The van der Waals surface area contributed by atoms with Gasteiger partial charge < -0.3 is 9.47 Å². The van der Waals surface area contributed by atoms with Crippen LogP contribution < -0.4 is 0 Å². The lowest BCUT2D eigenvalue weighted by atomic mass is 9.77. The fourth-order valence-corrected chi connectivity index (χ4v) is 5.90. The molecular formula is C38H66O2. The van der Waals surface area contributed by atoms with Crippen molar-refractivity contribution in [1.29, 1.82) is 0 Å². The van der Waals surface area contributed by atoms with Crippen LogP contribution in [0.5, 0.6) is 0 Å². The molecule has 2 heteroatoms. The lowest BCUT2D eigenvalue weighted by molar-refractivity contribution is -0.0602. The number of hydrogen-bond donors (Lipinski definition) is 0. The van der Waals surface area contributed by atoms with Crippen LogP contribution in [0.1, 0.15) is 151 Å². The molecule has 230 valence electrons. The number of benzene rings is 1. The van der Waals surface area contributed by atoms with E-state index in [9.17, 15) is 0 Å². The molecule has 1 fully saturated rings. The number of rotatable bonds is 8. The Morgan fingerprint density at radius 1 is 0.625 bits per heavy atom. The van der Waals surface area contributed by atoms with Gasteiger partial charge in [-0.25, -0.2) is 0 Å². The van der Waals surface area contributed by atoms with Gasteiger partial charge in [0, 0.05) is 11.8 Å². The van der Waals surface area contributed by atoms with Crippen LogP contribution in [0.3, 0.4) is 0 Å². The quantitative estimate of drug-likeness (QED) is 0.297. The van der Waals surface area contributed by atoms with Crippen LogP contribution in [-0.4, -0.2) is 18.3 Å². The highest BCUT2D eigenvalue weighted by atomic mass is 16.5. The molecule has 4 rings (SSSR count). The van der Waals surface area contributed by atoms with Crippen LogP contribution in [0.4, 0.5) is 0 Å².